The van der Waals surface area contributed by atoms with E-state index in [-0.39, 0.29) is 29.6 Å². The van der Waals surface area contributed by atoms with E-state index in [4.69, 9.17) is 0 Å². The van der Waals surface area contributed by atoms with Gasteiger partial charge in [0.25, 0.3) is 0 Å². The molecule has 0 saturated carbocycles. The van der Waals surface area contributed by atoms with Gasteiger partial charge in [0.2, 0.25) is 0 Å². The van der Waals surface area contributed by atoms with Gasteiger partial charge in [0, 0.05) is 94.8 Å². The third kappa shape index (κ3) is 23.9. The number of hydrogen-bond donors (Lipinski definition) is 0. The van der Waals surface area contributed by atoms with Crippen molar-refractivity contribution in [3.8, 4) is 0 Å². The number of hydrogen-bond acceptors (Lipinski definition) is 6. The van der Waals surface area contributed by atoms with Crippen molar-refractivity contribution in [1.82, 2.24) is 38.3 Å². The third-order valence-electron chi connectivity index (χ3n) is 13.8. The van der Waals surface area contributed by atoms with E-state index in [1.54, 1.807) is 0 Å². The molecule has 0 fully saturated rings. The van der Waals surface area contributed by atoms with E-state index in [9.17, 15) is 0 Å². The molecule has 2 aliphatic rings. The number of rotatable bonds is 2. The normalized spacial score (nSPS) is 11.7. The topological polar surface area (TPSA) is 77.2 Å². The second kappa shape index (κ2) is 40.4. The fraction of sp³-hybridized carbons (Fsp3) is 0.494. The Kier molecular flexibility index (Phi) is 37.2. The Morgan fingerprint density at radius 2 is 0.910 bits per heavy atom. The molecule has 8 heterocycles. The molecule has 0 amide bonds. The van der Waals surface area contributed by atoms with Gasteiger partial charge in [0.1, 0.15) is 5.65 Å². The molecule has 0 N–H and O–H groups in total. The first-order valence-corrected chi connectivity index (χ1v) is 33.3. The second-order valence-corrected chi connectivity index (χ2v) is 24.4. The number of fused-ring (bicyclic) bond motifs is 6. The fourth-order valence-corrected chi connectivity index (χ4v) is 9.88. The van der Waals surface area contributed by atoms with Crippen LogP contribution >= 0.6 is 0 Å². The lowest BCUT2D eigenvalue weighted by Crippen LogP contribution is -2.40. The number of pyridine rings is 2. The molecule has 10 nitrogen and oxygen atoms in total. The summed E-state index contributed by atoms with van der Waals surface area (Å²) in [5.74, 6) is 0.530. The van der Waals surface area contributed by atoms with Gasteiger partial charge in [-0.05, 0) is 181 Å². The summed E-state index contributed by atoms with van der Waals surface area (Å²) in [5, 5.41) is 6.84. The van der Waals surface area contributed by atoms with Crippen LogP contribution < -0.4 is 9.80 Å². The molecule has 4 aromatic carbocycles. The van der Waals surface area contributed by atoms with Crippen LogP contribution in [-0.4, -0.2) is 62.4 Å². The molecule has 0 aliphatic carbocycles. The minimum atomic E-state index is 0. The van der Waals surface area contributed by atoms with E-state index >= 15 is 0 Å². The fourth-order valence-electron chi connectivity index (χ4n) is 9.88. The first kappa shape index (κ1) is 81.8. The zero-order valence-corrected chi connectivity index (χ0v) is 60.6. The van der Waals surface area contributed by atoms with Crippen LogP contribution in [0.2, 0.25) is 0 Å². The zero-order chi connectivity index (χ0) is 67.0. The average molecular weight is 1220 g/mol. The van der Waals surface area contributed by atoms with Gasteiger partial charge in [0.05, 0.1) is 40.5 Å². The van der Waals surface area contributed by atoms with Crippen molar-refractivity contribution in [3.63, 3.8) is 0 Å². The van der Waals surface area contributed by atoms with Crippen LogP contribution in [0.3, 0.4) is 0 Å². The zero-order valence-electron chi connectivity index (χ0n) is 60.6. The third-order valence-corrected chi connectivity index (χ3v) is 13.8. The summed E-state index contributed by atoms with van der Waals surface area (Å²) in [4.78, 5) is 17.9. The number of nitrogens with zero attached hydrogens (tertiary/aromatic N) is 10. The first-order chi connectivity index (χ1) is 41.9. The van der Waals surface area contributed by atoms with E-state index in [1.165, 1.54) is 68.6 Å². The summed E-state index contributed by atoms with van der Waals surface area (Å²) < 4.78 is 8.67. The van der Waals surface area contributed by atoms with Gasteiger partial charge in [-0.2, -0.15) is 5.10 Å². The second-order valence-electron chi connectivity index (χ2n) is 24.4. The van der Waals surface area contributed by atoms with Crippen LogP contribution in [0, 0.1) is 0 Å². The van der Waals surface area contributed by atoms with Gasteiger partial charge in [-0.15, -0.1) is 0 Å². The summed E-state index contributed by atoms with van der Waals surface area (Å²) >= 11 is 0. The predicted octanol–water partition coefficient (Wildman–Crippen LogP) is 23.1. The van der Waals surface area contributed by atoms with Gasteiger partial charge < -0.3 is 23.3 Å². The molecule has 0 unspecified atom stereocenters. The van der Waals surface area contributed by atoms with E-state index in [0.29, 0.717) is 12.0 Å². The molecular weight excluding hydrogens is 1090 g/mol. The van der Waals surface area contributed by atoms with Crippen molar-refractivity contribution in [2.75, 3.05) is 22.9 Å². The molecule has 10 heteroatoms. The Labute approximate surface area is 544 Å². The lowest BCUT2D eigenvalue weighted by Gasteiger charge is -2.34. The minimum absolute atomic E-state index is 0. The van der Waals surface area contributed by atoms with Crippen LogP contribution in [0.1, 0.15) is 230 Å². The maximum absolute atomic E-state index is 4.38. The molecule has 89 heavy (non-hydrogen) atoms. The van der Waals surface area contributed by atoms with E-state index in [1.807, 2.05) is 167 Å². The lowest BCUT2D eigenvalue weighted by atomic mass is 10.1. The van der Waals surface area contributed by atoms with Crippen LogP contribution in [0.15, 0.2) is 171 Å². The van der Waals surface area contributed by atoms with Crippen LogP contribution in [-0.2, 0) is 23.9 Å². The van der Waals surface area contributed by atoms with E-state index < -0.39 is 0 Å². The van der Waals surface area contributed by atoms with Crippen molar-refractivity contribution < 1.29 is 0 Å². The summed E-state index contributed by atoms with van der Waals surface area (Å²) in [7, 11) is 0. The summed E-state index contributed by atoms with van der Waals surface area (Å²) in [6, 6.07) is 46.5. The molecule has 2 aliphatic heterocycles. The van der Waals surface area contributed by atoms with Gasteiger partial charge in [0.15, 0.2) is 0 Å². The van der Waals surface area contributed by atoms with E-state index in [0.717, 1.165) is 24.1 Å². The van der Waals surface area contributed by atoms with Crippen LogP contribution in [0.4, 0.5) is 11.4 Å². The lowest BCUT2D eigenvalue weighted by molar-refractivity contribution is 0.408. The quantitative estimate of drug-likeness (QED) is 0.172. The molecule has 0 radical (unpaired) electrons. The number of para-hydroxylation sites is 5. The average Bonchev–Trinajstić information content (AvgIpc) is 2.42. The number of aromatic nitrogens is 8. The number of anilines is 2. The Balaban J connectivity index is 0.00000101. The van der Waals surface area contributed by atoms with Crippen molar-refractivity contribution in [1.29, 1.82) is 0 Å². The van der Waals surface area contributed by atoms with Crippen molar-refractivity contribution in [3.05, 3.63) is 188 Å². The molecule has 492 valence electrons. The smallest absolute Gasteiger partial charge is 0.136 e. The van der Waals surface area contributed by atoms with Crippen LogP contribution in [0.25, 0.3) is 38.5 Å². The highest BCUT2D eigenvalue weighted by Crippen LogP contribution is 2.34. The summed E-state index contributed by atoms with van der Waals surface area (Å²) in [6.07, 6.45) is 14.1. The minimum Gasteiger partial charge on any atom is -0.366 e. The molecule has 6 aromatic heterocycles. The molecular formula is C79H126N10. The highest BCUT2D eigenvalue weighted by molar-refractivity contribution is 5.80. The highest BCUT2D eigenvalue weighted by atomic mass is 15.3. The van der Waals surface area contributed by atoms with E-state index in [2.05, 4.69) is 245 Å². The summed E-state index contributed by atoms with van der Waals surface area (Å²) in [6.45, 7) is 61.7. The highest BCUT2D eigenvalue weighted by Gasteiger charge is 2.29. The van der Waals surface area contributed by atoms with Gasteiger partial charge in [-0.25, -0.2) is 9.97 Å². The molecule has 10 aromatic rings. The summed E-state index contributed by atoms with van der Waals surface area (Å²) in [5.41, 5.74) is 13.3. The largest absolute Gasteiger partial charge is 0.366 e. The molecule has 0 bridgehead atoms. The van der Waals surface area contributed by atoms with Crippen LogP contribution in [0.5, 0.6) is 0 Å². The number of imidazole rings is 2. The van der Waals surface area contributed by atoms with Gasteiger partial charge >= 0.3 is 0 Å². The predicted molar refractivity (Wildman–Crippen MR) is 398 cm³/mol. The Hall–Kier alpha value is -7.20. The Morgan fingerprint density at radius 3 is 1.48 bits per heavy atom. The van der Waals surface area contributed by atoms with Crippen molar-refractivity contribution in [2.24, 2.45) is 0 Å². The molecule has 0 atom stereocenters. The Morgan fingerprint density at radius 1 is 0.416 bits per heavy atom. The van der Waals surface area contributed by atoms with Crippen molar-refractivity contribution >= 4 is 49.9 Å². The SMILES string of the molecule is C.CC.CC.CC.CC.CC.CC.CC(C)(C)N1CCc2ccccc21.CC(C)(C)N1CCc2ncccc21.CC(C)(C)n1ccc2ccccc21.CC(C)(C)n1cnc2ccccc21.CC(C)c1cnc2ccccn12.CC(C)n1ncc2ccccc21. The van der Waals surface area contributed by atoms with Crippen molar-refractivity contribution in [2.45, 2.75) is 248 Å². The standard InChI is InChI=1S/C12H17N.C12H15N.C11H16N2.C11H14N2.2C10H12N2.6C2H6.CH4/c2*1-12(2,3)13-9-8-10-6-4-5-7-11(10)13;1-11(2,3)13-8-6-9-10(13)5-4-7-12-9;1-11(2,3)13-8-12-9-6-4-5-7-10(9)13;1-8(2)9-7-11-10-5-3-4-6-12(9)10;1-8(2)12-10-6-4-3-5-9(10)7-11-12;6*1-2;/h4-7H,8-9H2,1-3H3;4-9H,1-3H3;4-5,7H,6,8H2,1-3H3;4-8H,1-3H3;2*3-8H,1-2H3;6*1-2H3;1H4. The maximum Gasteiger partial charge on any atom is 0.136 e. The molecule has 0 saturated heterocycles. The monoisotopic (exact) mass is 1220 g/mol. The molecule has 12 rings (SSSR count). The van der Waals surface area contributed by atoms with Gasteiger partial charge in [-0.1, -0.05) is 177 Å². The molecule has 0 spiro atoms. The first-order valence-electron chi connectivity index (χ1n) is 33.3. The maximum atomic E-state index is 4.38. The van der Waals surface area contributed by atoms with Gasteiger partial charge in [-0.3, -0.25) is 9.67 Å². The number of benzene rings is 4. The Bertz CT molecular complexity index is 3180.